The van der Waals surface area contributed by atoms with Gasteiger partial charge < -0.3 is 5.43 Å². The maximum Gasteiger partial charge on any atom is 0.225 e. The molecule has 0 atom stereocenters. The highest BCUT2D eigenvalue weighted by molar-refractivity contribution is 5.87. The van der Waals surface area contributed by atoms with Crippen molar-refractivity contribution in [3.05, 3.63) is 30.2 Å². The van der Waals surface area contributed by atoms with Crippen LogP contribution in [0.25, 0.3) is 0 Å². The van der Waals surface area contributed by atoms with E-state index in [1.165, 1.54) is 13.0 Å². The van der Waals surface area contributed by atoms with Gasteiger partial charge in [-0.05, 0) is 25.8 Å². The van der Waals surface area contributed by atoms with Crippen molar-refractivity contribution in [3.63, 3.8) is 0 Å². The topological polar surface area (TPSA) is 76.0 Å². The van der Waals surface area contributed by atoms with E-state index in [1.807, 2.05) is 16.9 Å². The third-order valence-electron chi connectivity index (χ3n) is 2.06. The molecule has 0 aliphatic carbocycles. The van der Waals surface area contributed by atoms with Crippen molar-refractivity contribution in [1.82, 2.24) is 20.6 Å². The summed E-state index contributed by atoms with van der Waals surface area (Å²) in [5.74, 6) is -0.0562. The van der Waals surface area contributed by atoms with Crippen molar-refractivity contribution in [3.8, 4) is 0 Å². The van der Waals surface area contributed by atoms with Crippen LogP contribution in [0.1, 0.15) is 19.8 Å². The summed E-state index contributed by atoms with van der Waals surface area (Å²) >= 11 is 0. The van der Waals surface area contributed by atoms with Crippen LogP contribution in [-0.2, 0) is 16.1 Å². The summed E-state index contributed by atoms with van der Waals surface area (Å²) in [6.07, 6.45) is 7.10. The minimum atomic E-state index is -0.0562. The van der Waals surface area contributed by atoms with Gasteiger partial charge in [-0.25, -0.2) is 0 Å². The Kier molecular flexibility index (Phi) is 5.50. The van der Waals surface area contributed by atoms with Crippen LogP contribution in [0.2, 0.25) is 0 Å². The highest BCUT2D eigenvalue weighted by atomic mass is 16.1. The third-order valence-corrected chi connectivity index (χ3v) is 2.06. The molecule has 0 aliphatic heterocycles. The Bertz CT molecular complexity index is 384. The SMILES string of the molecule is CC(=O)/C=C(/CCCn1cccn1)NNC=O. The number of hydrogen-bond acceptors (Lipinski definition) is 4. The first-order chi connectivity index (χ1) is 8.22. The molecule has 0 aromatic carbocycles. The van der Waals surface area contributed by atoms with Gasteiger partial charge in [0.2, 0.25) is 6.41 Å². The fourth-order valence-electron chi connectivity index (χ4n) is 1.40. The molecule has 2 N–H and O–H groups in total. The molecular formula is C11H16N4O2. The van der Waals surface area contributed by atoms with E-state index < -0.39 is 0 Å². The number of rotatable bonds is 8. The fourth-order valence-corrected chi connectivity index (χ4v) is 1.40. The first kappa shape index (κ1) is 13.0. The summed E-state index contributed by atoms with van der Waals surface area (Å²) in [5, 5.41) is 4.07. The van der Waals surface area contributed by atoms with Crippen LogP contribution in [0.5, 0.6) is 0 Å². The van der Waals surface area contributed by atoms with E-state index >= 15 is 0 Å². The number of hydrogen-bond donors (Lipinski definition) is 2. The molecule has 0 saturated heterocycles. The van der Waals surface area contributed by atoms with Crippen LogP contribution >= 0.6 is 0 Å². The molecule has 1 heterocycles. The number of allylic oxidation sites excluding steroid dienone is 2. The average molecular weight is 236 g/mol. The van der Waals surface area contributed by atoms with Crippen LogP contribution in [0.3, 0.4) is 0 Å². The average Bonchev–Trinajstić information content (AvgIpc) is 2.78. The monoisotopic (exact) mass is 236 g/mol. The van der Waals surface area contributed by atoms with Crippen molar-refractivity contribution in [1.29, 1.82) is 0 Å². The largest absolute Gasteiger partial charge is 0.303 e. The lowest BCUT2D eigenvalue weighted by molar-refractivity contribution is -0.113. The molecule has 1 amide bonds. The standard InChI is InChI=1S/C11H16N4O2/c1-10(17)8-11(14-12-9-16)4-2-6-15-7-3-5-13-15/h3,5,7-9,14H,2,4,6H2,1H3,(H,12,16)/b11-8-. The Morgan fingerprint density at radius 3 is 2.94 bits per heavy atom. The Morgan fingerprint density at radius 1 is 1.53 bits per heavy atom. The number of nitrogens with zero attached hydrogens (tertiary/aromatic N) is 2. The smallest absolute Gasteiger partial charge is 0.225 e. The number of carbonyl (C=O) groups excluding carboxylic acids is 2. The lowest BCUT2D eigenvalue weighted by atomic mass is 10.2. The number of aryl methyl sites for hydroxylation is 1. The van der Waals surface area contributed by atoms with E-state index in [1.54, 1.807) is 6.20 Å². The zero-order chi connectivity index (χ0) is 12.5. The molecule has 1 rings (SSSR count). The molecule has 0 fully saturated rings. The molecule has 0 aliphatic rings. The first-order valence-electron chi connectivity index (χ1n) is 5.36. The predicted octanol–water partition coefficient (Wildman–Crippen LogP) is 0.387. The summed E-state index contributed by atoms with van der Waals surface area (Å²) in [5.41, 5.74) is 5.69. The third kappa shape index (κ3) is 5.50. The second kappa shape index (κ2) is 7.21. The molecule has 0 spiro atoms. The van der Waals surface area contributed by atoms with Crippen molar-refractivity contribution >= 4 is 12.2 Å². The van der Waals surface area contributed by atoms with Crippen molar-refractivity contribution < 1.29 is 9.59 Å². The molecule has 0 bridgehead atoms. The number of carbonyl (C=O) groups is 2. The van der Waals surface area contributed by atoms with Gasteiger partial charge in [-0.3, -0.25) is 19.7 Å². The zero-order valence-electron chi connectivity index (χ0n) is 9.72. The fraction of sp³-hybridized carbons (Fsp3) is 0.364. The molecule has 0 saturated carbocycles. The molecule has 6 heteroatoms. The summed E-state index contributed by atoms with van der Waals surface area (Å²) in [6.45, 7) is 2.24. The maximum absolute atomic E-state index is 11.0. The lowest BCUT2D eigenvalue weighted by Gasteiger charge is -2.09. The minimum Gasteiger partial charge on any atom is -0.303 e. The van der Waals surface area contributed by atoms with Gasteiger partial charge in [0.15, 0.2) is 5.78 Å². The van der Waals surface area contributed by atoms with Crippen LogP contribution in [0, 0.1) is 0 Å². The van der Waals surface area contributed by atoms with Gasteiger partial charge in [0.05, 0.1) is 0 Å². The molecule has 92 valence electrons. The highest BCUT2D eigenvalue weighted by Crippen LogP contribution is 2.02. The van der Waals surface area contributed by atoms with E-state index in [2.05, 4.69) is 16.0 Å². The van der Waals surface area contributed by atoms with Gasteiger partial charge in [0, 0.05) is 30.7 Å². The van der Waals surface area contributed by atoms with Gasteiger partial charge in [-0.1, -0.05) is 0 Å². The quantitative estimate of drug-likeness (QED) is 0.389. The number of aromatic nitrogens is 2. The predicted molar refractivity (Wildman–Crippen MR) is 62.6 cm³/mol. The number of ketones is 1. The molecule has 6 nitrogen and oxygen atoms in total. The Balaban J connectivity index is 2.38. The molecule has 17 heavy (non-hydrogen) atoms. The normalized spacial score (nSPS) is 11.0. The number of hydrazine groups is 1. The van der Waals surface area contributed by atoms with Gasteiger partial charge in [0.1, 0.15) is 0 Å². The second-order valence-corrected chi connectivity index (χ2v) is 3.54. The molecule has 1 aromatic heterocycles. The number of nitrogens with one attached hydrogen (secondary N) is 2. The van der Waals surface area contributed by atoms with Crippen molar-refractivity contribution in [2.45, 2.75) is 26.3 Å². The lowest BCUT2D eigenvalue weighted by Crippen LogP contribution is -2.30. The van der Waals surface area contributed by atoms with Gasteiger partial charge in [0.25, 0.3) is 0 Å². The van der Waals surface area contributed by atoms with Gasteiger partial charge >= 0.3 is 0 Å². The Morgan fingerprint density at radius 2 is 2.35 bits per heavy atom. The van der Waals surface area contributed by atoms with Crippen LogP contribution < -0.4 is 10.9 Å². The Labute approximate surface area is 99.7 Å². The summed E-state index contributed by atoms with van der Waals surface area (Å²) < 4.78 is 1.82. The summed E-state index contributed by atoms with van der Waals surface area (Å²) in [7, 11) is 0. The van der Waals surface area contributed by atoms with Gasteiger partial charge in [-0.15, -0.1) is 0 Å². The maximum atomic E-state index is 11.0. The van der Waals surface area contributed by atoms with E-state index in [9.17, 15) is 9.59 Å². The molecule has 0 unspecified atom stereocenters. The van der Waals surface area contributed by atoms with Gasteiger partial charge in [-0.2, -0.15) is 5.10 Å². The van der Waals surface area contributed by atoms with E-state index in [0.29, 0.717) is 18.5 Å². The number of amides is 1. The van der Waals surface area contributed by atoms with E-state index in [4.69, 9.17) is 0 Å². The van der Waals surface area contributed by atoms with Crippen LogP contribution in [0.4, 0.5) is 0 Å². The zero-order valence-corrected chi connectivity index (χ0v) is 9.72. The van der Waals surface area contributed by atoms with Crippen molar-refractivity contribution in [2.24, 2.45) is 0 Å². The minimum absolute atomic E-state index is 0.0562. The second-order valence-electron chi connectivity index (χ2n) is 3.54. The van der Waals surface area contributed by atoms with E-state index in [-0.39, 0.29) is 5.78 Å². The summed E-state index contributed by atoms with van der Waals surface area (Å²) in [4.78, 5) is 21.1. The molecular weight excluding hydrogens is 220 g/mol. The highest BCUT2D eigenvalue weighted by Gasteiger charge is 1.99. The van der Waals surface area contributed by atoms with E-state index in [0.717, 1.165) is 13.0 Å². The van der Waals surface area contributed by atoms with Crippen molar-refractivity contribution in [2.75, 3.05) is 0 Å². The first-order valence-corrected chi connectivity index (χ1v) is 5.36. The van der Waals surface area contributed by atoms with Crippen LogP contribution in [-0.4, -0.2) is 22.0 Å². The summed E-state index contributed by atoms with van der Waals surface area (Å²) in [6, 6.07) is 1.86. The van der Waals surface area contributed by atoms with Crippen LogP contribution in [0.15, 0.2) is 30.2 Å². The Hall–Kier alpha value is -2.11. The molecule has 0 radical (unpaired) electrons. The molecule has 1 aromatic rings.